The molecule has 0 fully saturated rings. The number of hydrogen-bond acceptors (Lipinski definition) is 4. The molecule has 74 valence electrons. The van der Waals surface area contributed by atoms with E-state index >= 15 is 0 Å². The summed E-state index contributed by atoms with van der Waals surface area (Å²) in [5.41, 5.74) is 0. The summed E-state index contributed by atoms with van der Waals surface area (Å²) in [4.78, 5) is 18.3. The normalized spacial score (nSPS) is 11.7. The Morgan fingerprint density at radius 1 is 1.79 bits per heavy atom. The highest BCUT2D eigenvalue weighted by atomic mass is 16.4. The van der Waals surface area contributed by atoms with Gasteiger partial charge >= 0.3 is 5.97 Å². The highest BCUT2D eigenvalue weighted by molar-refractivity contribution is 5.77. The number of carbonyl (C=O) groups is 1. The summed E-state index contributed by atoms with van der Waals surface area (Å²) in [5.74, 6) is -0.433. The van der Waals surface area contributed by atoms with Crippen molar-refractivity contribution in [2.24, 2.45) is 0 Å². The first kappa shape index (κ1) is 10.2. The first-order chi connectivity index (χ1) is 6.74. The largest absolute Gasteiger partial charge is 0.480 e. The molecule has 0 radical (unpaired) electrons. The lowest BCUT2D eigenvalue weighted by atomic mass is 10.2. The number of aromatic nitrogens is 2. The highest BCUT2D eigenvalue weighted by Gasteiger charge is 2.15. The van der Waals surface area contributed by atoms with E-state index in [1.807, 2.05) is 0 Å². The van der Waals surface area contributed by atoms with Gasteiger partial charge in [0, 0.05) is 6.20 Å². The van der Waals surface area contributed by atoms with Gasteiger partial charge in [0.15, 0.2) is 0 Å². The van der Waals surface area contributed by atoms with E-state index in [9.17, 15) is 4.79 Å². The summed E-state index contributed by atoms with van der Waals surface area (Å²) >= 11 is 0. The molecule has 1 aromatic heterocycles. The van der Waals surface area contributed by atoms with Crippen molar-refractivity contribution in [1.82, 2.24) is 9.97 Å². The highest BCUT2D eigenvalue weighted by Crippen LogP contribution is 2.04. The molecule has 0 aliphatic carbocycles. The lowest BCUT2D eigenvalue weighted by Gasteiger charge is -2.12. The molecule has 1 unspecified atom stereocenters. The van der Waals surface area contributed by atoms with Crippen molar-refractivity contribution < 1.29 is 9.90 Å². The lowest BCUT2D eigenvalue weighted by Crippen LogP contribution is -2.28. The number of carboxylic acids is 1. The summed E-state index contributed by atoms with van der Waals surface area (Å²) < 4.78 is 0. The fraction of sp³-hybridized carbons (Fsp3) is 0.222. The zero-order chi connectivity index (χ0) is 10.4. The zero-order valence-electron chi connectivity index (χ0n) is 7.55. The lowest BCUT2D eigenvalue weighted by molar-refractivity contribution is -0.137. The van der Waals surface area contributed by atoms with Crippen molar-refractivity contribution in [3.8, 4) is 0 Å². The van der Waals surface area contributed by atoms with Crippen LogP contribution in [0, 0.1) is 0 Å². The summed E-state index contributed by atoms with van der Waals surface area (Å²) in [6.07, 6.45) is 4.80. The van der Waals surface area contributed by atoms with Gasteiger partial charge in [0.2, 0.25) is 0 Å². The first-order valence-corrected chi connectivity index (χ1v) is 4.10. The Bertz CT molecular complexity index is 313. The Morgan fingerprint density at radius 2 is 2.57 bits per heavy atom. The molecular formula is C9H11N3O2. The van der Waals surface area contributed by atoms with Crippen molar-refractivity contribution in [2.75, 3.05) is 5.32 Å². The molecule has 14 heavy (non-hydrogen) atoms. The van der Waals surface area contributed by atoms with Gasteiger partial charge in [-0.15, -0.1) is 6.58 Å². The van der Waals surface area contributed by atoms with Crippen molar-refractivity contribution >= 4 is 11.8 Å². The van der Waals surface area contributed by atoms with E-state index < -0.39 is 12.0 Å². The van der Waals surface area contributed by atoms with Crippen LogP contribution < -0.4 is 5.32 Å². The van der Waals surface area contributed by atoms with E-state index in [1.165, 1.54) is 6.33 Å². The molecule has 1 atom stereocenters. The Labute approximate surface area is 81.5 Å². The standard InChI is InChI=1S/C9H11N3O2/c1-2-3-7(9(13)14)12-8-4-5-10-6-11-8/h2,4-7H,1,3H2,(H,13,14)(H,10,11,12). The molecule has 0 saturated carbocycles. The van der Waals surface area contributed by atoms with E-state index in [0.717, 1.165) is 0 Å². The molecule has 5 nitrogen and oxygen atoms in total. The quantitative estimate of drug-likeness (QED) is 0.680. The molecule has 0 aliphatic heterocycles. The smallest absolute Gasteiger partial charge is 0.326 e. The maximum atomic E-state index is 10.7. The van der Waals surface area contributed by atoms with Gasteiger partial charge in [0.05, 0.1) is 0 Å². The zero-order valence-corrected chi connectivity index (χ0v) is 7.55. The molecule has 0 aromatic carbocycles. The Kier molecular flexibility index (Phi) is 3.60. The van der Waals surface area contributed by atoms with Gasteiger partial charge in [0.25, 0.3) is 0 Å². The molecule has 2 N–H and O–H groups in total. The number of carboxylic acid groups (broad SMARTS) is 1. The van der Waals surface area contributed by atoms with Crippen LogP contribution in [0.2, 0.25) is 0 Å². The molecule has 0 aliphatic rings. The van der Waals surface area contributed by atoms with E-state index in [-0.39, 0.29) is 0 Å². The maximum absolute atomic E-state index is 10.7. The van der Waals surface area contributed by atoms with Gasteiger partial charge in [-0.3, -0.25) is 0 Å². The van der Waals surface area contributed by atoms with Gasteiger partial charge in [-0.25, -0.2) is 14.8 Å². The minimum absolute atomic E-state index is 0.347. The minimum Gasteiger partial charge on any atom is -0.480 e. The minimum atomic E-state index is -0.927. The predicted molar refractivity (Wildman–Crippen MR) is 51.9 cm³/mol. The molecule has 0 saturated heterocycles. The molecule has 1 heterocycles. The molecule has 0 amide bonds. The van der Waals surface area contributed by atoms with E-state index in [0.29, 0.717) is 12.2 Å². The van der Waals surface area contributed by atoms with E-state index in [2.05, 4.69) is 21.9 Å². The van der Waals surface area contributed by atoms with Gasteiger partial charge < -0.3 is 10.4 Å². The van der Waals surface area contributed by atoms with Crippen LogP contribution in [0.3, 0.4) is 0 Å². The molecule has 5 heteroatoms. The van der Waals surface area contributed by atoms with Crippen molar-refractivity contribution in [3.05, 3.63) is 31.2 Å². The molecule has 0 bridgehead atoms. The van der Waals surface area contributed by atoms with Crippen LogP contribution in [0.15, 0.2) is 31.2 Å². The van der Waals surface area contributed by atoms with Crippen LogP contribution in [0.4, 0.5) is 5.82 Å². The van der Waals surface area contributed by atoms with Gasteiger partial charge in [-0.1, -0.05) is 6.08 Å². The average molecular weight is 193 g/mol. The van der Waals surface area contributed by atoms with Crippen molar-refractivity contribution in [2.45, 2.75) is 12.5 Å². The second kappa shape index (κ2) is 4.96. The average Bonchev–Trinajstić information content (AvgIpc) is 2.18. The van der Waals surface area contributed by atoms with Crippen LogP contribution in [0.1, 0.15) is 6.42 Å². The van der Waals surface area contributed by atoms with Crippen LogP contribution >= 0.6 is 0 Å². The predicted octanol–water partition coefficient (Wildman–Crippen LogP) is 0.918. The second-order valence-electron chi connectivity index (χ2n) is 2.65. The monoisotopic (exact) mass is 193 g/mol. The van der Waals surface area contributed by atoms with E-state index in [4.69, 9.17) is 5.11 Å². The van der Waals surface area contributed by atoms with E-state index in [1.54, 1.807) is 18.3 Å². The summed E-state index contributed by atoms with van der Waals surface area (Å²) in [5, 5.41) is 11.6. The van der Waals surface area contributed by atoms with Crippen LogP contribution in [-0.4, -0.2) is 27.1 Å². The number of anilines is 1. The number of nitrogens with zero attached hydrogens (tertiary/aromatic N) is 2. The number of rotatable bonds is 5. The topological polar surface area (TPSA) is 75.1 Å². The van der Waals surface area contributed by atoms with Crippen molar-refractivity contribution in [3.63, 3.8) is 0 Å². The molecule has 0 spiro atoms. The third kappa shape index (κ3) is 2.85. The maximum Gasteiger partial charge on any atom is 0.326 e. The Morgan fingerprint density at radius 3 is 3.07 bits per heavy atom. The summed E-state index contributed by atoms with van der Waals surface area (Å²) in [7, 11) is 0. The van der Waals surface area contributed by atoms with Crippen LogP contribution in [0.5, 0.6) is 0 Å². The SMILES string of the molecule is C=CCC(Nc1ccncn1)C(=O)O. The van der Waals surface area contributed by atoms with Gasteiger partial charge in [-0.05, 0) is 12.5 Å². The third-order valence-corrected chi connectivity index (χ3v) is 1.60. The number of hydrogen-bond donors (Lipinski definition) is 2. The van der Waals surface area contributed by atoms with Crippen molar-refractivity contribution in [1.29, 1.82) is 0 Å². The summed E-state index contributed by atoms with van der Waals surface area (Å²) in [6, 6.07) is 0.918. The Balaban J connectivity index is 2.64. The third-order valence-electron chi connectivity index (χ3n) is 1.60. The number of aliphatic carboxylic acids is 1. The molecule has 1 aromatic rings. The second-order valence-corrected chi connectivity index (χ2v) is 2.65. The van der Waals surface area contributed by atoms with Gasteiger partial charge in [-0.2, -0.15) is 0 Å². The number of nitrogens with one attached hydrogen (secondary N) is 1. The molecular weight excluding hydrogens is 182 g/mol. The molecule has 1 rings (SSSR count). The van der Waals surface area contributed by atoms with Crippen LogP contribution in [-0.2, 0) is 4.79 Å². The Hall–Kier alpha value is -1.91. The fourth-order valence-corrected chi connectivity index (χ4v) is 0.943. The van der Waals surface area contributed by atoms with Crippen LogP contribution in [0.25, 0.3) is 0 Å². The summed E-state index contributed by atoms with van der Waals surface area (Å²) in [6.45, 7) is 3.49. The first-order valence-electron chi connectivity index (χ1n) is 4.10. The fourth-order valence-electron chi connectivity index (χ4n) is 0.943. The van der Waals surface area contributed by atoms with Gasteiger partial charge in [0.1, 0.15) is 18.2 Å².